The normalized spacial score (nSPS) is 16.4. The molecule has 1 saturated carbocycles. The van der Waals surface area contributed by atoms with Crippen molar-refractivity contribution in [2.45, 2.75) is 30.9 Å². The molecule has 1 fully saturated rings. The fourth-order valence-corrected chi connectivity index (χ4v) is 5.65. The van der Waals surface area contributed by atoms with Crippen LogP contribution in [-0.2, 0) is 27.7 Å². The molecule has 38 heavy (non-hydrogen) atoms. The first kappa shape index (κ1) is 24.4. The van der Waals surface area contributed by atoms with E-state index < -0.39 is 9.84 Å². The summed E-state index contributed by atoms with van der Waals surface area (Å²) in [5, 5.41) is 3.69. The number of amides is 1. The van der Waals surface area contributed by atoms with Gasteiger partial charge in [-0.05, 0) is 60.7 Å². The van der Waals surface area contributed by atoms with Gasteiger partial charge in [-0.1, -0.05) is 12.1 Å². The Morgan fingerprint density at radius 1 is 1.05 bits per heavy atom. The smallest absolute Gasteiger partial charge is 0.251 e. The zero-order valence-corrected chi connectivity index (χ0v) is 21.4. The molecule has 1 aromatic carbocycles. The molecule has 9 nitrogen and oxygen atoms in total. The first-order valence-corrected chi connectivity index (χ1v) is 14.2. The molecule has 2 aliphatic rings. The van der Waals surface area contributed by atoms with E-state index >= 15 is 0 Å². The number of carbonyl (C=O) groups excluding carboxylic acids is 1. The van der Waals surface area contributed by atoms with Gasteiger partial charge in [0.1, 0.15) is 0 Å². The van der Waals surface area contributed by atoms with E-state index in [9.17, 15) is 13.2 Å². The van der Waals surface area contributed by atoms with Crippen molar-refractivity contribution in [3.63, 3.8) is 0 Å². The number of hydrogen-bond donors (Lipinski definition) is 1. The van der Waals surface area contributed by atoms with Gasteiger partial charge in [0.25, 0.3) is 5.91 Å². The van der Waals surface area contributed by atoms with E-state index in [0.29, 0.717) is 35.4 Å². The minimum atomic E-state index is -3.50. The molecule has 0 unspecified atom stereocenters. The summed E-state index contributed by atoms with van der Waals surface area (Å²) in [6.45, 7) is 1.20. The molecule has 1 aliphatic heterocycles. The van der Waals surface area contributed by atoms with Crippen molar-refractivity contribution in [2.24, 2.45) is 5.92 Å². The standard InChI is InChI=1S/C28H26N4O5S/c33-28(19-6-7-21-17-36-10-11-38(34,35)26(21)12-19)30-15-22-13-25-20(14-29-22)8-9-24(31-25)23-2-1-3-27(32-23)37-16-18-4-5-18/h1-3,6-9,12-14,18H,4-5,10-11,15-17H2,(H,30,33). The van der Waals surface area contributed by atoms with Crippen LogP contribution in [0.25, 0.3) is 22.3 Å². The van der Waals surface area contributed by atoms with Gasteiger partial charge in [0.15, 0.2) is 9.84 Å². The van der Waals surface area contributed by atoms with Crippen molar-refractivity contribution in [3.8, 4) is 17.3 Å². The summed E-state index contributed by atoms with van der Waals surface area (Å²) in [7, 11) is -3.50. The molecule has 0 radical (unpaired) electrons. The largest absolute Gasteiger partial charge is 0.477 e. The van der Waals surface area contributed by atoms with E-state index in [-0.39, 0.29) is 41.9 Å². The number of nitrogens with one attached hydrogen (secondary N) is 1. The maximum absolute atomic E-state index is 12.8. The second-order valence-electron chi connectivity index (χ2n) is 9.56. The van der Waals surface area contributed by atoms with Gasteiger partial charge in [0.2, 0.25) is 5.88 Å². The monoisotopic (exact) mass is 530 g/mol. The molecule has 1 amide bonds. The van der Waals surface area contributed by atoms with Gasteiger partial charge in [0.05, 0.1) is 59.6 Å². The number of hydrogen-bond acceptors (Lipinski definition) is 8. The average Bonchev–Trinajstić information content (AvgIpc) is 3.78. The summed E-state index contributed by atoms with van der Waals surface area (Å²) < 4.78 is 36.3. The fourth-order valence-electron chi connectivity index (χ4n) is 4.26. The predicted octanol–water partition coefficient (Wildman–Crippen LogP) is 3.71. The van der Waals surface area contributed by atoms with Crippen LogP contribution in [0.3, 0.4) is 0 Å². The molecule has 3 aromatic heterocycles. The van der Waals surface area contributed by atoms with Crippen LogP contribution in [-0.4, -0.2) is 48.2 Å². The molecule has 4 heterocycles. The fraction of sp³-hybridized carbons (Fsp3) is 0.286. The van der Waals surface area contributed by atoms with Crippen LogP contribution in [0.2, 0.25) is 0 Å². The molecule has 10 heteroatoms. The number of ether oxygens (including phenoxy) is 2. The quantitative estimate of drug-likeness (QED) is 0.384. The van der Waals surface area contributed by atoms with Crippen molar-refractivity contribution >= 4 is 26.6 Å². The van der Waals surface area contributed by atoms with Crippen LogP contribution in [0.1, 0.15) is 34.5 Å². The minimum absolute atomic E-state index is 0.103. The summed E-state index contributed by atoms with van der Waals surface area (Å²) in [5.74, 6) is 0.746. The number of nitrogens with zero attached hydrogens (tertiary/aromatic N) is 3. The lowest BCUT2D eigenvalue weighted by molar-refractivity contribution is 0.0950. The highest BCUT2D eigenvalue weighted by Gasteiger charge is 2.24. The van der Waals surface area contributed by atoms with Crippen molar-refractivity contribution in [1.29, 1.82) is 0 Å². The highest BCUT2D eigenvalue weighted by atomic mass is 32.2. The van der Waals surface area contributed by atoms with E-state index in [1.54, 1.807) is 18.3 Å². The van der Waals surface area contributed by atoms with Gasteiger partial charge in [0, 0.05) is 23.2 Å². The van der Waals surface area contributed by atoms with Crippen molar-refractivity contribution in [2.75, 3.05) is 19.0 Å². The third-order valence-corrected chi connectivity index (χ3v) is 8.38. The molecule has 4 aromatic rings. The zero-order valence-electron chi connectivity index (χ0n) is 20.6. The predicted molar refractivity (Wildman–Crippen MR) is 140 cm³/mol. The lowest BCUT2D eigenvalue weighted by Gasteiger charge is -2.10. The van der Waals surface area contributed by atoms with Crippen molar-refractivity contribution in [1.82, 2.24) is 20.3 Å². The van der Waals surface area contributed by atoms with Crippen LogP contribution in [0.5, 0.6) is 5.88 Å². The maximum atomic E-state index is 12.8. The second kappa shape index (κ2) is 10.1. The number of benzene rings is 1. The highest BCUT2D eigenvalue weighted by molar-refractivity contribution is 7.91. The number of pyridine rings is 3. The summed E-state index contributed by atoms with van der Waals surface area (Å²) >= 11 is 0. The number of rotatable bonds is 7. The average molecular weight is 531 g/mol. The molecule has 194 valence electrons. The molecule has 6 rings (SSSR count). The Kier molecular flexibility index (Phi) is 6.50. The Bertz CT molecular complexity index is 1640. The first-order chi connectivity index (χ1) is 18.4. The van der Waals surface area contributed by atoms with Crippen molar-refractivity contribution < 1.29 is 22.7 Å². The topological polar surface area (TPSA) is 120 Å². The van der Waals surface area contributed by atoms with Crippen LogP contribution < -0.4 is 10.1 Å². The molecule has 1 aliphatic carbocycles. The Labute approximate surface area is 220 Å². The number of sulfone groups is 1. The summed E-state index contributed by atoms with van der Waals surface area (Å²) in [6, 6.07) is 16.0. The number of aromatic nitrogens is 3. The molecule has 0 saturated heterocycles. The minimum Gasteiger partial charge on any atom is -0.477 e. The Morgan fingerprint density at radius 2 is 1.92 bits per heavy atom. The summed E-state index contributed by atoms with van der Waals surface area (Å²) in [6.07, 6.45) is 4.14. The van der Waals surface area contributed by atoms with Gasteiger partial charge in [-0.3, -0.25) is 9.78 Å². The van der Waals surface area contributed by atoms with E-state index in [1.165, 1.54) is 18.9 Å². The van der Waals surface area contributed by atoms with Crippen LogP contribution in [0.4, 0.5) is 0 Å². The summed E-state index contributed by atoms with van der Waals surface area (Å²) in [4.78, 5) is 26.8. The lowest BCUT2D eigenvalue weighted by Crippen LogP contribution is -2.23. The maximum Gasteiger partial charge on any atom is 0.251 e. The van der Waals surface area contributed by atoms with E-state index in [0.717, 1.165) is 16.6 Å². The molecular weight excluding hydrogens is 504 g/mol. The zero-order chi connectivity index (χ0) is 26.1. The summed E-state index contributed by atoms with van der Waals surface area (Å²) in [5.41, 5.74) is 3.61. The van der Waals surface area contributed by atoms with Crippen LogP contribution in [0.15, 0.2) is 65.7 Å². The van der Waals surface area contributed by atoms with E-state index in [4.69, 9.17) is 14.5 Å². The molecule has 0 bridgehead atoms. The first-order valence-electron chi connectivity index (χ1n) is 12.5. The van der Waals surface area contributed by atoms with Crippen LogP contribution >= 0.6 is 0 Å². The number of carbonyl (C=O) groups is 1. The molecule has 0 atom stereocenters. The Balaban J connectivity index is 1.18. The SMILES string of the molecule is O=C(NCc1cc2nc(-c3cccc(OCC4CC4)n3)ccc2cn1)c1ccc2c(c1)S(=O)(=O)CCOC2. The van der Waals surface area contributed by atoms with Gasteiger partial charge in [-0.15, -0.1) is 0 Å². The highest BCUT2D eigenvalue weighted by Crippen LogP contribution is 2.30. The lowest BCUT2D eigenvalue weighted by atomic mass is 10.1. The Morgan fingerprint density at radius 3 is 2.79 bits per heavy atom. The molecule has 0 spiro atoms. The molecular formula is C28H26N4O5S. The van der Waals surface area contributed by atoms with Gasteiger partial charge in [-0.2, -0.15) is 0 Å². The van der Waals surface area contributed by atoms with E-state index in [1.807, 2.05) is 36.4 Å². The second-order valence-corrected chi connectivity index (χ2v) is 11.6. The number of fused-ring (bicyclic) bond motifs is 2. The van der Waals surface area contributed by atoms with Gasteiger partial charge in [-0.25, -0.2) is 18.4 Å². The van der Waals surface area contributed by atoms with E-state index in [2.05, 4.69) is 15.3 Å². The van der Waals surface area contributed by atoms with Crippen molar-refractivity contribution in [3.05, 3.63) is 77.6 Å². The third-order valence-electron chi connectivity index (χ3n) is 6.63. The third kappa shape index (κ3) is 5.36. The Hall–Kier alpha value is -3.89. The molecule has 1 N–H and O–H groups in total. The van der Waals surface area contributed by atoms with Crippen LogP contribution in [0, 0.1) is 5.92 Å². The van der Waals surface area contributed by atoms with Gasteiger partial charge < -0.3 is 14.8 Å². The van der Waals surface area contributed by atoms with Gasteiger partial charge >= 0.3 is 0 Å².